The Morgan fingerprint density at radius 2 is 2.36 bits per heavy atom. The van der Waals surface area contributed by atoms with Crippen molar-refractivity contribution in [3.8, 4) is 0 Å². The number of hydrogen-bond acceptors (Lipinski definition) is 3. The van der Waals surface area contributed by atoms with Crippen LogP contribution < -0.4 is 11.1 Å². The average Bonchev–Trinajstić information content (AvgIpc) is 2.19. The van der Waals surface area contributed by atoms with E-state index < -0.39 is 0 Å². The van der Waals surface area contributed by atoms with E-state index in [9.17, 15) is 0 Å². The molecule has 0 saturated carbocycles. The van der Waals surface area contributed by atoms with Gasteiger partial charge >= 0.3 is 0 Å². The van der Waals surface area contributed by atoms with Gasteiger partial charge in [-0.15, -0.1) is 0 Å². The standard InChI is InChI=1S/C10H13ClN2O/c11-9-5-7(12)1-2-8(9)10-6-14-4-3-13-10/h1-2,5,10,13H,3-4,6,12H2. The Kier molecular flexibility index (Phi) is 2.91. The number of hydrogen-bond donors (Lipinski definition) is 2. The molecule has 1 heterocycles. The number of nitrogens with one attached hydrogen (secondary N) is 1. The summed E-state index contributed by atoms with van der Waals surface area (Å²) in [4.78, 5) is 0. The molecular formula is C10H13ClN2O. The quantitative estimate of drug-likeness (QED) is 0.695. The van der Waals surface area contributed by atoms with Crippen LogP contribution in [0.25, 0.3) is 0 Å². The van der Waals surface area contributed by atoms with Gasteiger partial charge in [0.25, 0.3) is 0 Å². The minimum atomic E-state index is 0.192. The topological polar surface area (TPSA) is 47.3 Å². The first kappa shape index (κ1) is 9.77. The Balaban J connectivity index is 2.22. The van der Waals surface area contributed by atoms with Gasteiger partial charge in [-0.05, 0) is 17.7 Å². The summed E-state index contributed by atoms with van der Waals surface area (Å²) in [7, 11) is 0. The van der Waals surface area contributed by atoms with Crippen LogP contribution in [0.4, 0.5) is 5.69 Å². The largest absolute Gasteiger partial charge is 0.399 e. The minimum Gasteiger partial charge on any atom is -0.399 e. The van der Waals surface area contributed by atoms with E-state index in [0.717, 1.165) is 18.7 Å². The number of morpholine rings is 1. The lowest BCUT2D eigenvalue weighted by Gasteiger charge is -2.24. The summed E-state index contributed by atoms with van der Waals surface area (Å²) in [5, 5.41) is 4.05. The highest BCUT2D eigenvalue weighted by molar-refractivity contribution is 6.31. The first-order valence-corrected chi connectivity index (χ1v) is 5.01. The molecule has 3 N–H and O–H groups in total. The van der Waals surface area contributed by atoms with Gasteiger partial charge in [-0.1, -0.05) is 17.7 Å². The van der Waals surface area contributed by atoms with Gasteiger partial charge < -0.3 is 15.8 Å². The molecule has 0 amide bonds. The Bertz CT molecular complexity index is 324. The Labute approximate surface area is 88.2 Å². The molecule has 0 aromatic heterocycles. The molecular weight excluding hydrogens is 200 g/mol. The van der Waals surface area contributed by atoms with Crippen LogP contribution in [0.2, 0.25) is 5.02 Å². The molecule has 1 fully saturated rings. The van der Waals surface area contributed by atoms with Gasteiger partial charge in [0.15, 0.2) is 0 Å². The Morgan fingerprint density at radius 3 is 3.00 bits per heavy atom. The summed E-state index contributed by atoms with van der Waals surface area (Å²) < 4.78 is 5.37. The maximum absolute atomic E-state index is 6.09. The molecule has 1 unspecified atom stereocenters. The van der Waals surface area contributed by atoms with Gasteiger partial charge in [-0.3, -0.25) is 0 Å². The zero-order chi connectivity index (χ0) is 9.97. The van der Waals surface area contributed by atoms with Crippen molar-refractivity contribution in [1.29, 1.82) is 0 Å². The molecule has 0 radical (unpaired) electrons. The number of anilines is 1. The van der Waals surface area contributed by atoms with Crippen molar-refractivity contribution in [3.05, 3.63) is 28.8 Å². The molecule has 1 aromatic rings. The molecule has 1 atom stereocenters. The van der Waals surface area contributed by atoms with Crippen molar-refractivity contribution >= 4 is 17.3 Å². The van der Waals surface area contributed by atoms with Crippen molar-refractivity contribution in [2.75, 3.05) is 25.5 Å². The van der Waals surface area contributed by atoms with E-state index in [1.54, 1.807) is 6.07 Å². The van der Waals surface area contributed by atoms with Crippen LogP contribution in [0.1, 0.15) is 11.6 Å². The predicted octanol–water partition coefficient (Wildman–Crippen LogP) is 1.58. The minimum absolute atomic E-state index is 0.192. The summed E-state index contributed by atoms with van der Waals surface area (Å²) in [6.07, 6.45) is 0. The third kappa shape index (κ3) is 2.00. The molecule has 1 saturated heterocycles. The molecule has 3 nitrogen and oxygen atoms in total. The average molecular weight is 213 g/mol. The summed E-state index contributed by atoms with van der Waals surface area (Å²) in [5.41, 5.74) is 7.37. The third-order valence-electron chi connectivity index (χ3n) is 2.32. The van der Waals surface area contributed by atoms with Crippen LogP contribution in [-0.2, 0) is 4.74 Å². The van der Waals surface area contributed by atoms with E-state index in [1.165, 1.54) is 0 Å². The fourth-order valence-electron chi connectivity index (χ4n) is 1.59. The molecule has 0 spiro atoms. The highest BCUT2D eigenvalue weighted by atomic mass is 35.5. The van der Waals surface area contributed by atoms with Crippen LogP contribution >= 0.6 is 11.6 Å². The summed E-state index contributed by atoms with van der Waals surface area (Å²) in [6, 6.07) is 5.77. The highest BCUT2D eigenvalue weighted by Gasteiger charge is 2.17. The second-order valence-corrected chi connectivity index (χ2v) is 3.77. The second-order valence-electron chi connectivity index (χ2n) is 3.36. The fraction of sp³-hybridized carbons (Fsp3) is 0.400. The number of ether oxygens (including phenoxy) is 1. The smallest absolute Gasteiger partial charge is 0.0662 e. The van der Waals surface area contributed by atoms with Crippen molar-refractivity contribution in [2.45, 2.75) is 6.04 Å². The summed E-state index contributed by atoms with van der Waals surface area (Å²) >= 11 is 6.09. The number of nitrogens with two attached hydrogens (primary N) is 1. The first-order chi connectivity index (χ1) is 6.77. The fourth-order valence-corrected chi connectivity index (χ4v) is 1.91. The van der Waals surface area contributed by atoms with Crippen molar-refractivity contribution < 1.29 is 4.74 Å². The predicted molar refractivity (Wildman–Crippen MR) is 57.4 cm³/mol. The molecule has 14 heavy (non-hydrogen) atoms. The summed E-state index contributed by atoms with van der Waals surface area (Å²) in [5.74, 6) is 0. The van der Waals surface area contributed by atoms with E-state index in [2.05, 4.69) is 5.32 Å². The maximum atomic E-state index is 6.09. The Morgan fingerprint density at radius 1 is 1.50 bits per heavy atom. The molecule has 1 aromatic carbocycles. The third-order valence-corrected chi connectivity index (χ3v) is 2.65. The lowest BCUT2D eigenvalue weighted by molar-refractivity contribution is 0.0769. The van der Waals surface area contributed by atoms with E-state index in [-0.39, 0.29) is 6.04 Å². The highest BCUT2D eigenvalue weighted by Crippen LogP contribution is 2.26. The van der Waals surface area contributed by atoms with Gasteiger partial charge in [0.1, 0.15) is 0 Å². The molecule has 1 aliphatic heterocycles. The molecule has 0 bridgehead atoms. The molecule has 0 aliphatic carbocycles. The lowest BCUT2D eigenvalue weighted by atomic mass is 10.1. The monoisotopic (exact) mass is 212 g/mol. The molecule has 2 rings (SSSR count). The molecule has 1 aliphatic rings. The van der Waals surface area contributed by atoms with E-state index in [0.29, 0.717) is 17.3 Å². The normalized spacial score (nSPS) is 22.2. The van der Waals surface area contributed by atoms with Gasteiger partial charge in [-0.25, -0.2) is 0 Å². The Hall–Kier alpha value is -0.770. The number of halogens is 1. The van der Waals surface area contributed by atoms with E-state index in [1.807, 2.05) is 12.1 Å². The van der Waals surface area contributed by atoms with Gasteiger partial charge in [0.2, 0.25) is 0 Å². The van der Waals surface area contributed by atoms with Crippen LogP contribution in [-0.4, -0.2) is 19.8 Å². The van der Waals surface area contributed by atoms with Gasteiger partial charge in [0.05, 0.1) is 19.3 Å². The molecule has 76 valence electrons. The first-order valence-electron chi connectivity index (χ1n) is 4.63. The van der Waals surface area contributed by atoms with Crippen molar-refractivity contribution in [3.63, 3.8) is 0 Å². The molecule has 4 heteroatoms. The summed E-state index contributed by atoms with van der Waals surface area (Å²) in [6.45, 7) is 2.30. The number of rotatable bonds is 1. The number of benzene rings is 1. The zero-order valence-electron chi connectivity index (χ0n) is 7.79. The van der Waals surface area contributed by atoms with E-state index in [4.69, 9.17) is 22.1 Å². The number of nitrogen functional groups attached to an aromatic ring is 1. The zero-order valence-corrected chi connectivity index (χ0v) is 8.55. The SMILES string of the molecule is Nc1ccc(C2COCCN2)c(Cl)c1. The van der Waals surface area contributed by atoms with Crippen LogP contribution in [0, 0.1) is 0 Å². The van der Waals surface area contributed by atoms with E-state index >= 15 is 0 Å². The van der Waals surface area contributed by atoms with Crippen LogP contribution in [0.5, 0.6) is 0 Å². The van der Waals surface area contributed by atoms with Crippen molar-refractivity contribution in [1.82, 2.24) is 5.32 Å². The van der Waals surface area contributed by atoms with Crippen LogP contribution in [0.15, 0.2) is 18.2 Å². The lowest BCUT2D eigenvalue weighted by Crippen LogP contribution is -2.34. The van der Waals surface area contributed by atoms with Gasteiger partial charge in [0, 0.05) is 17.3 Å². The maximum Gasteiger partial charge on any atom is 0.0662 e. The second kappa shape index (κ2) is 4.17. The van der Waals surface area contributed by atoms with Gasteiger partial charge in [-0.2, -0.15) is 0 Å². The van der Waals surface area contributed by atoms with Crippen molar-refractivity contribution in [2.24, 2.45) is 0 Å². The van der Waals surface area contributed by atoms with Crippen LogP contribution in [0.3, 0.4) is 0 Å².